The van der Waals surface area contributed by atoms with Gasteiger partial charge in [-0.15, -0.1) is 0 Å². The number of aromatic nitrogens is 1. The number of hydrogen-bond acceptors (Lipinski definition) is 3. The van der Waals surface area contributed by atoms with E-state index in [2.05, 4.69) is 4.98 Å². The Morgan fingerprint density at radius 2 is 2.19 bits per heavy atom. The second kappa shape index (κ2) is 5.88. The van der Waals surface area contributed by atoms with E-state index in [1.807, 2.05) is 4.90 Å². The van der Waals surface area contributed by atoms with Crippen LogP contribution in [0.4, 0.5) is 18.0 Å². The number of amides is 1. The molecule has 1 amide bonds. The van der Waals surface area contributed by atoms with Crippen LogP contribution >= 0.6 is 0 Å². The number of rotatable bonds is 2. The van der Waals surface area contributed by atoms with Gasteiger partial charge in [-0.05, 0) is 18.6 Å². The molecule has 2 rings (SSSR count). The highest BCUT2D eigenvalue weighted by atomic mass is 19.4. The normalized spacial score (nSPS) is 20.6. The van der Waals surface area contributed by atoms with Crippen LogP contribution in [-0.2, 0) is 12.7 Å². The van der Waals surface area contributed by atoms with Crippen molar-refractivity contribution in [3.8, 4) is 0 Å². The third-order valence-corrected chi connectivity index (χ3v) is 3.56. The SMILES string of the molecule is C[C@@H]1CN(Cc2cnccc2C(F)(F)F)CCN1C(=O)O. The lowest BCUT2D eigenvalue weighted by molar-refractivity contribution is -0.138. The third-order valence-electron chi connectivity index (χ3n) is 3.56. The molecule has 0 aromatic carbocycles. The van der Waals surface area contributed by atoms with Gasteiger partial charge in [-0.1, -0.05) is 0 Å². The zero-order chi connectivity index (χ0) is 15.6. The molecule has 0 bridgehead atoms. The van der Waals surface area contributed by atoms with Crippen LogP contribution in [0.25, 0.3) is 0 Å². The first-order chi connectivity index (χ1) is 9.79. The van der Waals surface area contributed by atoms with E-state index < -0.39 is 17.8 Å². The zero-order valence-electron chi connectivity index (χ0n) is 11.5. The fourth-order valence-corrected chi connectivity index (χ4v) is 2.53. The first-order valence-electron chi connectivity index (χ1n) is 6.51. The van der Waals surface area contributed by atoms with E-state index in [1.54, 1.807) is 6.92 Å². The van der Waals surface area contributed by atoms with Crippen molar-refractivity contribution in [2.45, 2.75) is 25.7 Å². The van der Waals surface area contributed by atoms with E-state index in [0.29, 0.717) is 13.1 Å². The number of pyridine rings is 1. The molecule has 1 saturated heterocycles. The molecule has 0 radical (unpaired) electrons. The van der Waals surface area contributed by atoms with Crippen LogP contribution in [0.15, 0.2) is 18.5 Å². The van der Waals surface area contributed by atoms with Crippen LogP contribution in [0.2, 0.25) is 0 Å². The average Bonchev–Trinajstić information content (AvgIpc) is 2.37. The molecular formula is C13H16F3N3O2. The smallest absolute Gasteiger partial charge is 0.416 e. The van der Waals surface area contributed by atoms with Gasteiger partial charge < -0.3 is 10.0 Å². The summed E-state index contributed by atoms with van der Waals surface area (Å²) in [5.41, 5.74) is -0.577. The molecule has 8 heteroatoms. The van der Waals surface area contributed by atoms with Gasteiger partial charge in [-0.25, -0.2) is 4.79 Å². The number of carboxylic acid groups (broad SMARTS) is 1. The van der Waals surface area contributed by atoms with Crippen molar-refractivity contribution in [3.63, 3.8) is 0 Å². The Morgan fingerprint density at radius 3 is 2.76 bits per heavy atom. The second-order valence-corrected chi connectivity index (χ2v) is 5.09. The molecule has 2 heterocycles. The van der Waals surface area contributed by atoms with Crippen LogP contribution in [0.1, 0.15) is 18.1 Å². The molecule has 0 saturated carbocycles. The van der Waals surface area contributed by atoms with Crippen LogP contribution in [0, 0.1) is 0 Å². The fraction of sp³-hybridized carbons (Fsp3) is 0.538. The summed E-state index contributed by atoms with van der Waals surface area (Å²) in [6, 6.07) is 0.717. The van der Waals surface area contributed by atoms with Gasteiger partial charge >= 0.3 is 12.3 Å². The Kier molecular flexibility index (Phi) is 4.36. The van der Waals surface area contributed by atoms with E-state index in [-0.39, 0.29) is 24.7 Å². The summed E-state index contributed by atoms with van der Waals surface area (Å²) in [5.74, 6) is 0. The summed E-state index contributed by atoms with van der Waals surface area (Å²) >= 11 is 0. The van der Waals surface area contributed by atoms with Gasteiger partial charge in [0.05, 0.1) is 5.56 Å². The molecule has 1 fully saturated rings. The number of nitrogens with zero attached hydrogens (tertiary/aromatic N) is 3. The molecule has 5 nitrogen and oxygen atoms in total. The highest BCUT2D eigenvalue weighted by molar-refractivity contribution is 5.65. The lowest BCUT2D eigenvalue weighted by Gasteiger charge is -2.38. The zero-order valence-corrected chi connectivity index (χ0v) is 11.5. The highest BCUT2D eigenvalue weighted by Gasteiger charge is 2.34. The Morgan fingerprint density at radius 1 is 1.48 bits per heavy atom. The maximum absolute atomic E-state index is 12.9. The minimum absolute atomic E-state index is 0.112. The molecule has 1 aromatic rings. The standard InChI is InChI=1S/C13H16F3N3O2/c1-9-7-18(4-5-19(9)12(20)21)8-10-6-17-3-2-11(10)13(14,15)16/h2-3,6,9H,4-5,7-8H2,1H3,(H,20,21)/t9-/m1/s1. The molecule has 0 unspecified atom stereocenters. The Balaban J connectivity index is 2.09. The van der Waals surface area contributed by atoms with Crippen molar-refractivity contribution in [1.29, 1.82) is 0 Å². The molecule has 1 aliphatic heterocycles. The van der Waals surface area contributed by atoms with E-state index in [9.17, 15) is 18.0 Å². The van der Waals surface area contributed by atoms with Crippen molar-refractivity contribution in [1.82, 2.24) is 14.8 Å². The summed E-state index contributed by atoms with van der Waals surface area (Å²) in [6.07, 6.45) is -3.07. The second-order valence-electron chi connectivity index (χ2n) is 5.09. The fourth-order valence-electron chi connectivity index (χ4n) is 2.53. The van der Waals surface area contributed by atoms with Gasteiger partial charge in [0.25, 0.3) is 0 Å². The molecule has 21 heavy (non-hydrogen) atoms. The average molecular weight is 303 g/mol. The van der Waals surface area contributed by atoms with Crippen LogP contribution in [-0.4, -0.2) is 51.7 Å². The topological polar surface area (TPSA) is 56.7 Å². The maximum atomic E-state index is 12.9. The van der Waals surface area contributed by atoms with E-state index in [0.717, 1.165) is 12.3 Å². The summed E-state index contributed by atoms with van der Waals surface area (Å²) in [4.78, 5) is 17.8. The summed E-state index contributed by atoms with van der Waals surface area (Å²) in [5, 5.41) is 8.98. The van der Waals surface area contributed by atoms with Crippen molar-refractivity contribution < 1.29 is 23.1 Å². The largest absolute Gasteiger partial charge is 0.465 e. The molecule has 1 N–H and O–H groups in total. The van der Waals surface area contributed by atoms with Crippen LogP contribution in [0.3, 0.4) is 0 Å². The molecule has 0 aliphatic carbocycles. The first-order valence-corrected chi connectivity index (χ1v) is 6.51. The summed E-state index contributed by atoms with van der Waals surface area (Å²) in [7, 11) is 0. The molecule has 1 atom stereocenters. The number of alkyl halides is 3. The van der Waals surface area contributed by atoms with Crippen molar-refractivity contribution in [3.05, 3.63) is 29.6 Å². The van der Waals surface area contributed by atoms with Crippen LogP contribution in [0.5, 0.6) is 0 Å². The van der Waals surface area contributed by atoms with Gasteiger partial charge in [0.15, 0.2) is 0 Å². The van der Waals surface area contributed by atoms with Gasteiger partial charge in [-0.3, -0.25) is 9.88 Å². The van der Waals surface area contributed by atoms with Crippen molar-refractivity contribution in [2.24, 2.45) is 0 Å². The molecule has 1 aliphatic rings. The lowest BCUT2D eigenvalue weighted by atomic mass is 10.1. The van der Waals surface area contributed by atoms with Crippen LogP contribution < -0.4 is 0 Å². The van der Waals surface area contributed by atoms with Gasteiger partial charge in [0.2, 0.25) is 0 Å². The van der Waals surface area contributed by atoms with Crippen molar-refractivity contribution in [2.75, 3.05) is 19.6 Å². The summed E-state index contributed by atoms with van der Waals surface area (Å²) < 4.78 is 38.7. The molecule has 1 aromatic heterocycles. The highest BCUT2D eigenvalue weighted by Crippen LogP contribution is 2.32. The predicted octanol–water partition coefficient (Wildman–Crippen LogP) is 2.28. The number of halogens is 3. The monoisotopic (exact) mass is 303 g/mol. The third kappa shape index (κ3) is 3.63. The van der Waals surface area contributed by atoms with E-state index >= 15 is 0 Å². The van der Waals surface area contributed by atoms with E-state index in [1.165, 1.54) is 11.1 Å². The minimum atomic E-state index is -4.41. The van der Waals surface area contributed by atoms with Crippen molar-refractivity contribution >= 4 is 6.09 Å². The van der Waals surface area contributed by atoms with Gasteiger partial charge in [0, 0.05) is 44.6 Å². The Bertz CT molecular complexity index is 522. The maximum Gasteiger partial charge on any atom is 0.416 e. The lowest BCUT2D eigenvalue weighted by Crippen LogP contribution is -2.53. The van der Waals surface area contributed by atoms with Gasteiger partial charge in [-0.2, -0.15) is 13.2 Å². The molecular weight excluding hydrogens is 287 g/mol. The minimum Gasteiger partial charge on any atom is -0.465 e. The quantitative estimate of drug-likeness (QED) is 0.910. The number of piperazine rings is 1. The number of hydrogen-bond donors (Lipinski definition) is 1. The Labute approximate surface area is 120 Å². The van der Waals surface area contributed by atoms with Gasteiger partial charge in [0.1, 0.15) is 0 Å². The summed E-state index contributed by atoms with van der Waals surface area (Å²) in [6.45, 7) is 2.95. The first kappa shape index (κ1) is 15.6. The predicted molar refractivity (Wildman–Crippen MR) is 68.7 cm³/mol. The molecule has 116 valence electrons. The molecule has 0 spiro atoms. The Hall–Kier alpha value is -1.83. The number of carbonyl (C=O) groups is 1. The van der Waals surface area contributed by atoms with E-state index in [4.69, 9.17) is 5.11 Å².